The van der Waals surface area contributed by atoms with Gasteiger partial charge in [-0.2, -0.15) is 0 Å². The molecule has 3 nitrogen and oxygen atoms in total. The predicted octanol–water partition coefficient (Wildman–Crippen LogP) is 5.31. The molecule has 0 spiro atoms. The number of carbonyl (C=O) groups is 1. The molecule has 2 heterocycles. The summed E-state index contributed by atoms with van der Waals surface area (Å²) >= 11 is 0. The molecule has 2 aliphatic rings. The van der Waals surface area contributed by atoms with E-state index >= 15 is 0 Å². The first-order valence-electron chi connectivity index (χ1n) is 9.97. The topological polar surface area (TPSA) is 29.5 Å². The standard InChI is InChI=1S/C24H27NO2/c1-17(2)21(26)13-16-25-14-11-18(12-15-25)24-19-7-3-5-9-22(19)27-23-10-6-4-8-20(23)24/h3-10,17H,11-16H2,1-2H3. The number of hydrogen-bond donors (Lipinski definition) is 0. The van der Waals surface area contributed by atoms with Gasteiger partial charge in [-0.15, -0.1) is 0 Å². The van der Waals surface area contributed by atoms with Crippen LogP contribution in [0.3, 0.4) is 0 Å². The molecule has 140 valence electrons. The summed E-state index contributed by atoms with van der Waals surface area (Å²) in [5, 5.41) is 0. The van der Waals surface area contributed by atoms with E-state index in [9.17, 15) is 4.79 Å². The third-order valence-electron chi connectivity index (χ3n) is 5.66. The van der Waals surface area contributed by atoms with Crippen LogP contribution in [0.15, 0.2) is 54.1 Å². The van der Waals surface area contributed by atoms with Crippen molar-refractivity contribution in [3.05, 3.63) is 65.2 Å². The number of carbonyl (C=O) groups excluding carboxylic acids is 1. The maximum absolute atomic E-state index is 11.9. The molecule has 2 aliphatic heterocycles. The van der Waals surface area contributed by atoms with Crippen molar-refractivity contribution in [2.45, 2.75) is 33.1 Å². The Morgan fingerprint density at radius 2 is 1.52 bits per heavy atom. The summed E-state index contributed by atoms with van der Waals surface area (Å²) in [7, 11) is 0. The lowest BCUT2D eigenvalue weighted by molar-refractivity contribution is -0.122. The van der Waals surface area contributed by atoms with Crippen LogP contribution in [-0.2, 0) is 4.79 Å². The van der Waals surface area contributed by atoms with E-state index in [1.54, 1.807) is 0 Å². The largest absolute Gasteiger partial charge is 0.456 e. The molecule has 0 bridgehead atoms. The molecule has 0 aliphatic carbocycles. The summed E-state index contributed by atoms with van der Waals surface area (Å²) in [5.74, 6) is 2.40. The number of fused-ring (bicyclic) bond motifs is 2. The fourth-order valence-corrected chi connectivity index (χ4v) is 4.02. The molecule has 0 saturated carbocycles. The molecule has 1 saturated heterocycles. The number of likely N-dealkylation sites (tertiary alicyclic amines) is 1. The Kier molecular flexibility index (Phi) is 5.13. The summed E-state index contributed by atoms with van der Waals surface area (Å²) in [6.07, 6.45) is 2.77. The van der Waals surface area contributed by atoms with Gasteiger partial charge in [-0.3, -0.25) is 4.79 Å². The molecule has 0 atom stereocenters. The number of ketones is 1. The minimum atomic E-state index is 0.141. The predicted molar refractivity (Wildman–Crippen MR) is 109 cm³/mol. The van der Waals surface area contributed by atoms with Crippen LogP contribution in [0.4, 0.5) is 0 Å². The summed E-state index contributed by atoms with van der Waals surface area (Å²) in [6.45, 7) is 6.91. The van der Waals surface area contributed by atoms with Gasteiger partial charge in [-0.25, -0.2) is 0 Å². The average Bonchev–Trinajstić information content (AvgIpc) is 2.70. The van der Waals surface area contributed by atoms with Gasteiger partial charge >= 0.3 is 0 Å². The van der Waals surface area contributed by atoms with Gasteiger partial charge in [0.15, 0.2) is 0 Å². The minimum absolute atomic E-state index is 0.141. The van der Waals surface area contributed by atoms with E-state index in [0.717, 1.165) is 44.0 Å². The molecule has 4 rings (SSSR count). The third-order valence-corrected chi connectivity index (χ3v) is 5.66. The Morgan fingerprint density at radius 3 is 2.07 bits per heavy atom. The van der Waals surface area contributed by atoms with E-state index in [1.165, 1.54) is 22.3 Å². The highest BCUT2D eigenvalue weighted by atomic mass is 16.5. The third kappa shape index (κ3) is 3.70. The highest BCUT2D eigenvalue weighted by molar-refractivity contribution is 5.89. The van der Waals surface area contributed by atoms with Crippen molar-refractivity contribution in [1.82, 2.24) is 4.90 Å². The van der Waals surface area contributed by atoms with E-state index in [1.807, 2.05) is 26.0 Å². The Balaban J connectivity index is 1.57. The van der Waals surface area contributed by atoms with Gasteiger partial charge in [0.05, 0.1) is 0 Å². The number of piperidine rings is 1. The number of benzene rings is 2. The van der Waals surface area contributed by atoms with Gasteiger partial charge in [-0.1, -0.05) is 55.8 Å². The Labute approximate surface area is 161 Å². The fraction of sp³-hybridized carbons (Fsp3) is 0.375. The van der Waals surface area contributed by atoms with E-state index in [2.05, 4.69) is 41.3 Å². The number of ether oxygens (including phenoxy) is 1. The number of para-hydroxylation sites is 2. The first-order chi connectivity index (χ1) is 13.1. The molecule has 0 amide bonds. The minimum Gasteiger partial charge on any atom is -0.456 e. The Bertz CT molecular complexity index is 824. The highest BCUT2D eigenvalue weighted by Crippen LogP contribution is 2.46. The van der Waals surface area contributed by atoms with Crippen molar-refractivity contribution in [3.8, 4) is 11.5 Å². The summed E-state index contributed by atoms with van der Waals surface area (Å²) in [4.78, 5) is 14.4. The van der Waals surface area contributed by atoms with Gasteiger partial charge in [0, 0.05) is 43.1 Å². The second kappa shape index (κ2) is 7.69. The summed E-state index contributed by atoms with van der Waals surface area (Å²) in [6, 6.07) is 16.7. The van der Waals surface area contributed by atoms with Crippen LogP contribution in [0, 0.1) is 5.92 Å². The van der Waals surface area contributed by atoms with Crippen molar-refractivity contribution >= 4 is 11.4 Å². The first-order valence-corrected chi connectivity index (χ1v) is 9.97. The van der Waals surface area contributed by atoms with Crippen molar-refractivity contribution in [2.75, 3.05) is 19.6 Å². The molecule has 1 fully saturated rings. The van der Waals surface area contributed by atoms with E-state index < -0.39 is 0 Å². The van der Waals surface area contributed by atoms with Crippen LogP contribution in [0.25, 0.3) is 5.57 Å². The molecule has 3 heteroatoms. The second-order valence-corrected chi connectivity index (χ2v) is 7.79. The number of rotatable bonds is 4. The molecule has 0 unspecified atom stereocenters. The number of Topliss-reactive ketones (excluding diaryl/α,β-unsaturated/α-hetero) is 1. The van der Waals surface area contributed by atoms with Crippen LogP contribution in [0.2, 0.25) is 0 Å². The van der Waals surface area contributed by atoms with Crippen molar-refractivity contribution in [1.29, 1.82) is 0 Å². The molecule has 2 aromatic carbocycles. The lowest BCUT2D eigenvalue weighted by atomic mass is 9.86. The summed E-state index contributed by atoms with van der Waals surface area (Å²) in [5.41, 5.74) is 5.26. The smallest absolute Gasteiger partial charge is 0.136 e. The van der Waals surface area contributed by atoms with Gasteiger partial charge in [0.1, 0.15) is 17.3 Å². The molecule has 0 N–H and O–H groups in total. The quantitative estimate of drug-likeness (QED) is 0.631. The number of nitrogens with zero attached hydrogens (tertiary/aromatic N) is 1. The SMILES string of the molecule is CC(C)C(=O)CCN1CCC(=C2c3ccccc3Oc3ccccc32)CC1. The van der Waals surface area contributed by atoms with E-state index in [0.29, 0.717) is 12.2 Å². The van der Waals surface area contributed by atoms with Crippen molar-refractivity contribution in [2.24, 2.45) is 5.92 Å². The lowest BCUT2D eigenvalue weighted by Crippen LogP contribution is -2.33. The number of hydrogen-bond acceptors (Lipinski definition) is 3. The van der Waals surface area contributed by atoms with Gasteiger partial charge < -0.3 is 9.64 Å². The van der Waals surface area contributed by atoms with Crippen LogP contribution >= 0.6 is 0 Å². The van der Waals surface area contributed by atoms with Gasteiger partial charge in [0.2, 0.25) is 0 Å². The van der Waals surface area contributed by atoms with Crippen molar-refractivity contribution in [3.63, 3.8) is 0 Å². The maximum Gasteiger partial charge on any atom is 0.136 e. The molecular weight excluding hydrogens is 334 g/mol. The zero-order valence-corrected chi connectivity index (χ0v) is 16.2. The fourth-order valence-electron chi connectivity index (χ4n) is 4.02. The van der Waals surface area contributed by atoms with Crippen LogP contribution in [-0.4, -0.2) is 30.3 Å². The zero-order valence-electron chi connectivity index (χ0n) is 16.2. The molecule has 0 aromatic heterocycles. The zero-order chi connectivity index (χ0) is 18.8. The maximum atomic E-state index is 11.9. The normalized spacial score (nSPS) is 16.7. The average molecular weight is 361 g/mol. The monoisotopic (exact) mass is 361 g/mol. The molecule has 0 radical (unpaired) electrons. The molecular formula is C24H27NO2. The highest BCUT2D eigenvalue weighted by Gasteiger charge is 2.26. The molecule has 27 heavy (non-hydrogen) atoms. The van der Waals surface area contributed by atoms with Gasteiger partial charge in [0.25, 0.3) is 0 Å². The van der Waals surface area contributed by atoms with E-state index in [-0.39, 0.29) is 5.92 Å². The van der Waals surface area contributed by atoms with Crippen LogP contribution in [0.1, 0.15) is 44.2 Å². The Morgan fingerprint density at radius 1 is 0.963 bits per heavy atom. The summed E-state index contributed by atoms with van der Waals surface area (Å²) < 4.78 is 6.12. The van der Waals surface area contributed by atoms with Gasteiger partial charge in [-0.05, 0) is 30.5 Å². The second-order valence-electron chi connectivity index (χ2n) is 7.79. The Hall–Kier alpha value is -2.39. The van der Waals surface area contributed by atoms with Crippen LogP contribution in [0.5, 0.6) is 11.5 Å². The van der Waals surface area contributed by atoms with Crippen molar-refractivity contribution < 1.29 is 9.53 Å². The lowest BCUT2D eigenvalue weighted by Gasteiger charge is -2.32. The first kappa shape index (κ1) is 18.0. The molecule has 2 aromatic rings. The van der Waals surface area contributed by atoms with E-state index in [4.69, 9.17) is 4.74 Å². The van der Waals surface area contributed by atoms with Crippen LogP contribution < -0.4 is 4.74 Å².